The number of anilines is 1. The van der Waals surface area contributed by atoms with E-state index in [4.69, 9.17) is 15.2 Å². The molecule has 0 aliphatic rings. The molecule has 0 aliphatic heterocycles. The lowest BCUT2D eigenvalue weighted by atomic mass is 10.1. The maximum absolute atomic E-state index is 12.0. The molecule has 2 aromatic carbocycles. The highest BCUT2D eigenvalue weighted by Crippen LogP contribution is 2.31. The highest BCUT2D eigenvalue weighted by Gasteiger charge is 2.12. The van der Waals surface area contributed by atoms with Crippen LogP contribution in [0.2, 0.25) is 0 Å². The summed E-state index contributed by atoms with van der Waals surface area (Å²) in [4.78, 5) is 16.4. The van der Waals surface area contributed by atoms with Crippen molar-refractivity contribution in [3.63, 3.8) is 0 Å². The Morgan fingerprint density at radius 1 is 1.03 bits per heavy atom. The largest absolute Gasteiger partial charge is 0.489 e. The number of nitrogens with zero attached hydrogens (tertiary/aromatic N) is 2. The van der Waals surface area contributed by atoms with Gasteiger partial charge in [-0.25, -0.2) is 9.78 Å². The molecule has 2 N–H and O–H groups in total. The molecule has 6 heteroatoms. The Morgan fingerprint density at radius 2 is 1.87 bits per heavy atom. The molecule has 0 radical (unpaired) electrons. The highest BCUT2D eigenvalue weighted by atomic mass is 16.5. The summed E-state index contributed by atoms with van der Waals surface area (Å²) in [7, 11) is 0. The number of pyridine rings is 1. The van der Waals surface area contributed by atoms with E-state index in [0.29, 0.717) is 30.3 Å². The zero-order chi connectivity index (χ0) is 21.6. The monoisotopic (exact) mass is 413 g/mol. The van der Waals surface area contributed by atoms with Crippen molar-refractivity contribution in [2.45, 2.75) is 13.5 Å². The van der Waals surface area contributed by atoms with Crippen LogP contribution in [0.15, 0.2) is 85.3 Å². The number of nitrogen functional groups attached to an aromatic ring is 1. The molecule has 6 nitrogen and oxygen atoms in total. The van der Waals surface area contributed by atoms with Gasteiger partial charge in [0.2, 0.25) is 0 Å². The van der Waals surface area contributed by atoms with E-state index in [-0.39, 0.29) is 5.97 Å². The van der Waals surface area contributed by atoms with Crippen LogP contribution in [-0.4, -0.2) is 22.1 Å². The van der Waals surface area contributed by atoms with E-state index in [9.17, 15) is 4.79 Å². The van der Waals surface area contributed by atoms with E-state index in [0.717, 1.165) is 22.4 Å². The van der Waals surface area contributed by atoms with Crippen LogP contribution in [-0.2, 0) is 11.3 Å². The topological polar surface area (TPSA) is 79.4 Å². The number of hydrogen-bond acceptors (Lipinski definition) is 5. The average molecular weight is 413 g/mol. The predicted octanol–water partition coefficient (Wildman–Crippen LogP) is 4.88. The molecular formula is C25H23N3O3. The lowest BCUT2D eigenvalue weighted by Gasteiger charge is -2.08. The van der Waals surface area contributed by atoms with E-state index in [2.05, 4.69) is 4.98 Å². The first-order valence-corrected chi connectivity index (χ1v) is 10.0. The number of benzene rings is 2. The van der Waals surface area contributed by atoms with Crippen LogP contribution in [0.1, 0.15) is 22.8 Å². The van der Waals surface area contributed by atoms with Gasteiger partial charge >= 0.3 is 5.97 Å². The maximum Gasteiger partial charge on any atom is 0.338 e. The average Bonchev–Trinajstić information content (AvgIpc) is 3.20. The van der Waals surface area contributed by atoms with Crippen molar-refractivity contribution in [1.82, 2.24) is 9.55 Å². The quantitative estimate of drug-likeness (QED) is 0.437. The number of carbonyl (C=O) groups excluding carboxylic acids is 1. The van der Waals surface area contributed by atoms with Gasteiger partial charge in [-0.05, 0) is 42.3 Å². The number of carbonyl (C=O) groups is 1. The lowest BCUT2D eigenvalue weighted by Crippen LogP contribution is -2.06. The smallest absolute Gasteiger partial charge is 0.338 e. The van der Waals surface area contributed by atoms with Gasteiger partial charge in [0.25, 0.3) is 0 Å². The fourth-order valence-corrected chi connectivity index (χ4v) is 3.24. The van der Waals surface area contributed by atoms with Crippen molar-refractivity contribution in [3.8, 4) is 22.7 Å². The summed E-state index contributed by atoms with van der Waals surface area (Å²) < 4.78 is 12.8. The normalized spacial score (nSPS) is 10.6. The van der Waals surface area contributed by atoms with E-state index in [1.807, 2.05) is 60.8 Å². The lowest BCUT2D eigenvalue weighted by molar-refractivity contribution is 0.0526. The van der Waals surface area contributed by atoms with Crippen molar-refractivity contribution in [2.24, 2.45) is 0 Å². The standard InChI is InChI=1S/C25H23N3O3/c1-2-30-25(29)20-11-12-27-24(14-20)28-15-22(23(26)16-28)19-9-6-10-21(13-19)31-17-18-7-4-3-5-8-18/h3-16H,2,17,26H2,1H3. The van der Waals surface area contributed by atoms with Crippen LogP contribution in [0.5, 0.6) is 5.75 Å². The second kappa shape index (κ2) is 9.17. The fraction of sp³-hybridized carbons (Fsp3) is 0.120. The molecular weight excluding hydrogens is 390 g/mol. The summed E-state index contributed by atoms with van der Waals surface area (Å²) in [6, 6.07) is 21.1. The zero-order valence-corrected chi connectivity index (χ0v) is 17.2. The van der Waals surface area contributed by atoms with Gasteiger partial charge in [-0.3, -0.25) is 0 Å². The molecule has 4 aromatic rings. The molecule has 0 atom stereocenters. The number of nitrogens with two attached hydrogens (primary N) is 1. The first kappa shape index (κ1) is 20.2. The summed E-state index contributed by atoms with van der Waals surface area (Å²) in [6.07, 6.45) is 5.25. The third-order valence-electron chi connectivity index (χ3n) is 4.77. The summed E-state index contributed by atoms with van der Waals surface area (Å²) in [5.41, 5.74) is 10.2. The Bertz CT molecular complexity index is 1190. The Balaban J connectivity index is 1.57. The number of rotatable bonds is 7. The number of ether oxygens (including phenoxy) is 2. The molecule has 2 aromatic heterocycles. The van der Waals surface area contributed by atoms with E-state index in [1.54, 1.807) is 36.0 Å². The Morgan fingerprint density at radius 3 is 2.68 bits per heavy atom. The maximum atomic E-state index is 12.0. The molecule has 0 saturated heterocycles. The summed E-state index contributed by atoms with van der Waals surface area (Å²) in [6.45, 7) is 2.59. The van der Waals surface area contributed by atoms with Crippen LogP contribution < -0.4 is 10.5 Å². The van der Waals surface area contributed by atoms with E-state index >= 15 is 0 Å². The second-order valence-electron chi connectivity index (χ2n) is 6.96. The summed E-state index contributed by atoms with van der Waals surface area (Å²) in [5, 5.41) is 0. The first-order chi connectivity index (χ1) is 15.1. The molecule has 0 spiro atoms. The zero-order valence-electron chi connectivity index (χ0n) is 17.2. The molecule has 156 valence electrons. The van der Waals surface area contributed by atoms with Crippen molar-refractivity contribution in [2.75, 3.05) is 12.3 Å². The SMILES string of the molecule is CCOC(=O)c1ccnc(-n2cc(N)c(-c3cccc(OCc4ccccc4)c3)c2)c1. The molecule has 31 heavy (non-hydrogen) atoms. The molecule has 0 bridgehead atoms. The van der Waals surface area contributed by atoms with Crippen LogP contribution in [0.25, 0.3) is 16.9 Å². The minimum atomic E-state index is -0.380. The number of esters is 1. The van der Waals surface area contributed by atoms with E-state index in [1.165, 1.54) is 0 Å². The van der Waals surface area contributed by atoms with Gasteiger partial charge < -0.3 is 19.8 Å². The van der Waals surface area contributed by atoms with Gasteiger partial charge in [0.1, 0.15) is 18.2 Å². The fourth-order valence-electron chi connectivity index (χ4n) is 3.24. The van der Waals surface area contributed by atoms with Crippen LogP contribution in [0.4, 0.5) is 5.69 Å². The predicted molar refractivity (Wildman–Crippen MR) is 120 cm³/mol. The number of hydrogen-bond donors (Lipinski definition) is 1. The third kappa shape index (κ3) is 4.75. The Hall–Kier alpha value is -4.06. The Labute approximate surface area is 180 Å². The molecule has 2 heterocycles. The number of aromatic nitrogens is 2. The van der Waals surface area contributed by atoms with Crippen molar-refractivity contribution >= 4 is 11.7 Å². The minimum Gasteiger partial charge on any atom is -0.489 e. The van der Waals surface area contributed by atoms with E-state index < -0.39 is 0 Å². The van der Waals surface area contributed by atoms with Crippen LogP contribution in [0.3, 0.4) is 0 Å². The first-order valence-electron chi connectivity index (χ1n) is 10.0. The van der Waals surface area contributed by atoms with Crippen LogP contribution in [0, 0.1) is 0 Å². The molecule has 4 rings (SSSR count). The molecule has 0 amide bonds. The van der Waals surface area contributed by atoms with Gasteiger partial charge in [0.15, 0.2) is 0 Å². The van der Waals surface area contributed by atoms with Crippen molar-refractivity contribution < 1.29 is 14.3 Å². The molecule has 0 fully saturated rings. The Kier molecular flexibility index (Phi) is 5.98. The van der Waals surface area contributed by atoms with Crippen LogP contribution >= 0.6 is 0 Å². The molecule has 0 unspecified atom stereocenters. The van der Waals surface area contributed by atoms with Gasteiger partial charge in [-0.2, -0.15) is 0 Å². The van der Waals surface area contributed by atoms with Gasteiger partial charge in [0, 0.05) is 24.2 Å². The third-order valence-corrected chi connectivity index (χ3v) is 4.77. The minimum absolute atomic E-state index is 0.319. The highest BCUT2D eigenvalue weighted by molar-refractivity contribution is 5.89. The van der Waals surface area contributed by atoms with Gasteiger partial charge in [-0.1, -0.05) is 42.5 Å². The van der Waals surface area contributed by atoms with Gasteiger partial charge in [0.05, 0.1) is 17.9 Å². The molecule has 0 saturated carbocycles. The van der Waals surface area contributed by atoms with Gasteiger partial charge in [-0.15, -0.1) is 0 Å². The summed E-state index contributed by atoms with van der Waals surface area (Å²) in [5.74, 6) is 0.964. The summed E-state index contributed by atoms with van der Waals surface area (Å²) >= 11 is 0. The second-order valence-corrected chi connectivity index (χ2v) is 6.96. The molecule has 0 aliphatic carbocycles. The van der Waals surface area contributed by atoms with Crippen molar-refractivity contribution in [3.05, 3.63) is 96.4 Å². The van der Waals surface area contributed by atoms with Crippen molar-refractivity contribution in [1.29, 1.82) is 0 Å².